The van der Waals surface area contributed by atoms with E-state index in [1.54, 1.807) is 0 Å². The molecule has 2 saturated heterocycles. The summed E-state index contributed by atoms with van der Waals surface area (Å²) < 4.78 is 13.6. The maximum atomic E-state index is 11.8. The number of carboxylic acid groups (broad SMARTS) is 1. The van der Waals surface area contributed by atoms with Gasteiger partial charge in [0.25, 0.3) is 0 Å². The van der Waals surface area contributed by atoms with E-state index >= 15 is 0 Å². The summed E-state index contributed by atoms with van der Waals surface area (Å²) in [5.41, 5.74) is -0.237. The number of aliphatic carboxylic acids is 1. The highest BCUT2D eigenvalue weighted by Crippen LogP contribution is 2.40. The van der Waals surface area contributed by atoms with Gasteiger partial charge in [-0.2, -0.15) is 0 Å². The van der Waals surface area contributed by atoms with Crippen LogP contribution in [0.15, 0.2) is 0 Å². The summed E-state index contributed by atoms with van der Waals surface area (Å²) in [4.78, 5) is 46.1. The van der Waals surface area contributed by atoms with Crippen LogP contribution in [-0.4, -0.2) is 50.5 Å². The van der Waals surface area contributed by atoms with Crippen LogP contribution in [0, 0.1) is 0 Å². The van der Waals surface area contributed by atoms with E-state index in [2.05, 4.69) is 26.8 Å². The highest BCUT2D eigenvalue weighted by atomic mass is 32.1. The Morgan fingerprint density at radius 1 is 1.15 bits per heavy atom. The summed E-state index contributed by atoms with van der Waals surface area (Å²) in [5, 5.41) is 16.1. The lowest BCUT2D eigenvalue weighted by atomic mass is 9.95. The van der Waals surface area contributed by atoms with Gasteiger partial charge in [0.1, 0.15) is 0 Å². The van der Waals surface area contributed by atoms with Crippen molar-refractivity contribution in [3.8, 4) is 0 Å². The van der Waals surface area contributed by atoms with Crippen molar-refractivity contribution in [1.29, 1.82) is 0 Å². The minimum atomic E-state index is -3.07. The van der Waals surface area contributed by atoms with E-state index < -0.39 is 53.2 Å². The Balaban J connectivity index is 2.64. The van der Waals surface area contributed by atoms with Gasteiger partial charge in [-0.05, 0) is 0 Å². The van der Waals surface area contributed by atoms with Crippen LogP contribution in [-0.2, 0) is 33.4 Å². The minimum Gasteiger partial charge on any atom is -0.477 e. The highest BCUT2D eigenvalue weighted by Gasteiger charge is 2.68. The molecule has 110 valence electrons. The summed E-state index contributed by atoms with van der Waals surface area (Å²) in [5.74, 6) is -5.99. The summed E-state index contributed by atoms with van der Waals surface area (Å²) in [6.45, 7) is 0. The SMILES string of the molecule is NC1(C(=O)O)OC(=O)CC2(O)CC(=O)OC1(S)OC2=O. The number of esters is 3. The number of hydrogen-bond acceptors (Lipinski definition) is 10. The molecule has 2 rings (SSSR count). The van der Waals surface area contributed by atoms with E-state index in [-0.39, 0.29) is 0 Å². The summed E-state index contributed by atoms with van der Waals surface area (Å²) in [7, 11) is 0. The van der Waals surface area contributed by atoms with Gasteiger partial charge < -0.3 is 24.4 Å². The standard InChI is InChI=1S/C9H9NO9S/c10-8(5(13)14)9(20)18-4(12)2-7(16,6(15)19-9)1-3(11)17-8/h16,20H,1-2,10H2,(H,13,14). The molecular weight excluding hydrogens is 298 g/mol. The lowest BCUT2D eigenvalue weighted by molar-refractivity contribution is -0.260. The van der Waals surface area contributed by atoms with Crippen molar-refractivity contribution in [2.24, 2.45) is 5.73 Å². The number of carboxylic acids is 1. The van der Waals surface area contributed by atoms with Crippen molar-refractivity contribution >= 4 is 36.5 Å². The van der Waals surface area contributed by atoms with Crippen LogP contribution in [0.4, 0.5) is 0 Å². The molecule has 0 radical (unpaired) electrons. The van der Waals surface area contributed by atoms with Gasteiger partial charge in [-0.1, -0.05) is 12.6 Å². The molecule has 4 N–H and O–H groups in total. The Hall–Kier alpha value is -1.85. The third kappa shape index (κ3) is 1.90. The molecule has 0 spiro atoms. The lowest BCUT2D eigenvalue weighted by Gasteiger charge is -2.39. The largest absolute Gasteiger partial charge is 0.477 e. The zero-order valence-electron chi connectivity index (χ0n) is 9.69. The highest BCUT2D eigenvalue weighted by molar-refractivity contribution is 7.81. The number of cyclic esters (lactones) is 1. The number of aliphatic hydroxyl groups is 1. The molecule has 2 aliphatic heterocycles. The quantitative estimate of drug-likeness (QED) is 0.300. The molecule has 0 aromatic rings. The van der Waals surface area contributed by atoms with Crippen molar-refractivity contribution in [2.75, 3.05) is 0 Å². The smallest absolute Gasteiger partial charge is 0.373 e. The number of hydrogen-bond donors (Lipinski definition) is 4. The van der Waals surface area contributed by atoms with E-state index in [0.717, 1.165) is 0 Å². The molecule has 2 heterocycles. The first-order chi connectivity index (χ1) is 9.02. The van der Waals surface area contributed by atoms with E-state index in [0.29, 0.717) is 0 Å². The first-order valence-corrected chi connectivity index (χ1v) is 5.61. The fourth-order valence-corrected chi connectivity index (χ4v) is 2.05. The van der Waals surface area contributed by atoms with Gasteiger partial charge >= 0.3 is 34.7 Å². The molecular formula is C9H9NO9S. The van der Waals surface area contributed by atoms with Crippen molar-refractivity contribution in [3.05, 3.63) is 0 Å². The Kier molecular flexibility index (Phi) is 2.96. The Morgan fingerprint density at radius 2 is 1.65 bits per heavy atom. The lowest BCUT2D eigenvalue weighted by Crippen LogP contribution is -2.69. The van der Waals surface area contributed by atoms with Crippen molar-refractivity contribution in [3.63, 3.8) is 0 Å². The number of ether oxygens (including phenoxy) is 3. The first kappa shape index (κ1) is 14.6. The number of thiol groups is 1. The summed E-state index contributed by atoms with van der Waals surface area (Å²) >= 11 is 3.61. The second-order valence-corrected chi connectivity index (χ2v) is 4.93. The van der Waals surface area contributed by atoms with Crippen molar-refractivity contribution in [2.45, 2.75) is 29.3 Å². The fourth-order valence-electron chi connectivity index (χ4n) is 1.73. The predicted molar refractivity (Wildman–Crippen MR) is 58.7 cm³/mol. The number of carbonyl (C=O) groups excluding carboxylic acids is 3. The van der Waals surface area contributed by atoms with Crippen LogP contribution in [0.2, 0.25) is 0 Å². The average molecular weight is 307 g/mol. The molecule has 0 aromatic carbocycles. The second kappa shape index (κ2) is 4.07. The Bertz CT molecular complexity index is 536. The van der Waals surface area contributed by atoms with Crippen LogP contribution < -0.4 is 5.73 Å². The third-order valence-electron chi connectivity index (χ3n) is 2.80. The van der Waals surface area contributed by atoms with Crippen LogP contribution >= 0.6 is 12.6 Å². The average Bonchev–Trinajstić information content (AvgIpc) is 2.31. The molecule has 11 heteroatoms. The van der Waals surface area contributed by atoms with Gasteiger partial charge in [0, 0.05) is 0 Å². The predicted octanol–water partition coefficient (Wildman–Crippen LogP) is -2.52. The van der Waals surface area contributed by atoms with E-state index in [1.165, 1.54) is 0 Å². The molecule has 3 atom stereocenters. The van der Waals surface area contributed by atoms with Gasteiger partial charge in [0.05, 0.1) is 12.8 Å². The third-order valence-corrected chi connectivity index (χ3v) is 3.31. The second-order valence-electron chi connectivity index (χ2n) is 4.35. The van der Waals surface area contributed by atoms with Crippen molar-refractivity contribution in [1.82, 2.24) is 0 Å². The topological polar surface area (TPSA) is 162 Å². The monoisotopic (exact) mass is 307 g/mol. The van der Waals surface area contributed by atoms with E-state index in [1.807, 2.05) is 0 Å². The van der Waals surface area contributed by atoms with Crippen LogP contribution in [0.3, 0.4) is 0 Å². The van der Waals surface area contributed by atoms with Crippen LogP contribution in [0.1, 0.15) is 12.8 Å². The molecule has 20 heavy (non-hydrogen) atoms. The molecule has 3 unspecified atom stereocenters. The zero-order chi connectivity index (χ0) is 15.3. The van der Waals surface area contributed by atoms with Crippen LogP contribution in [0.25, 0.3) is 0 Å². The maximum absolute atomic E-state index is 11.8. The van der Waals surface area contributed by atoms with Gasteiger partial charge in [0.2, 0.25) is 0 Å². The van der Waals surface area contributed by atoms with E-state index in [9.17, 15) is 24.3 Å². The van der Waals surface area contributed by atoms with Gasteiger partial charge in [-0.15, -0.1) is 0 Å². The molecule has 2 fully saturated rings. The molecule has 0 aliphatic carbocycles. The van der Waals surface area contributed by atoms with Gasteiger partial charge in [0.15, 0.2) is 5.60 Å². The Morgan fingerprint density at radius 3 is 2.15 bits per heavy atom. The first-order valence-electron chi connectivity index (χ1n) is 5.16. The molecule has 0 saturated carbocycles. The Labute approximate surface area is 116 Å². The molecule has 0 aromatic heterocycles. The number of carbonyl (C=O) groups is 4. The molecule has 2 bridgehead atoms. The molecule has 0 amide bonds. The van der Waals surface area contributed by atoms with Crippen molar-refractivity contribution < 1.29 is 43.6 Å². The van der Waals surface area contributed by atoms with Gasteiger partial charge in [-0.25, -0.2) is 9.59 Å². The molecule has 10 nitrogen and oxygen atoms in total. The van der Waals surface area contributed by atoms with Gasteiger partial charge in [-0.3, -0.25) is 15.3 Å². The maximum Gasteiger partial charge on any atom is 0.373 e. The zero-order valence-corrected chi connectivity index (χ0v) is 10.6. The van der Waals surface area contributed by atoms with Crippen LogP contribution in [0.5, 0.6) is 0 Å². The normalized spacial score (nSPS) is 40.9. The number of rotatable bonds is 1. The number of nitrogens with two attached hydrogens (primary N) is 1. The fraction of sp³-hybridized carbons (Fsp3) is 0.556. The summed E-state index contributed by atoms with van der Waals surface area (Å²) in [6, 6.07) is 0. The minimum absolute atomic E-state index is 0.932. The summed E-state index contributed by atoms with van der Waals surface area (Å²) in [6.07, 6.45) is -1.95. The van der Waals surface area contributed by atoms with E-state index in [4.69, 9.17) is 10.8 Å². The molecule has 2 aliphatic rings. The number of fused-ring (bicyclic) bond motifs is 3.